The van der Waals surface area contributed by atoms with Crippen molar-refractivity contribution in [1.82, 2.24) is 9.80 Å². The Labute approximate surface area is 195 Å². The Bertz CT molecular complexity index is 1160. The second-order valence-electron chi connectivity index (χ2n) is 8.24. The number of thiophene rings is 1. The number of furan rings is 1. The monoisotopic (exact) mass is 467 g/mol. The van der Waals surface area contributed by atoms with E-state index in [1.54, 1.807) is 15.9 Å². The van der Waals surface area contributed by atoms with Crippen LogP contribution in [0.3, 0.4) is 0 Å². The van der Waals surface area contributed by atoms with Crippen molar-refractivity contribution in [3.05, 3.63) is 52.4 Å². The maximum atomic E-state index is 13.2. The van der Waals surface area contributed by atoms with E-state index in [0.29, 0.717) is 73.8 Å². The van der Waals surface area contributed by atoms with Gasteiger partial charge in [0, 0.05) is 37.5 Å². The molecule has 0 spiro atoms. The molecule has 2 saturated heterocycles. The minimum absolute atomic E-state index is 0.0167. The van der Waals surface area contributed by atoms with Crippen molar-refractivity contribution in [2.24, 2.45) is 5.92 Å². The van der Waals surface area contributed by atoms with Crippen molar-refractivity contribution >= 4 is 45.7 Å². The molecular weight excluding hydrogens is 442 g/mol. The number of likely N-dealkylation sites (tertiary alicyclic amines) is 1. The molecule has 0 aliphatic carbocycles. The maximum Gasteiger partial charge on any atom is 0.291 e. The summed E-state index contributed by atoms with van der Waals surface area (Å²) >= 11 is 1.43. The van der Waals surface area contributed by atoms with E-state index in [1.165, 1.54) is 11.3 Å². The standard InChI is InChI=1S/C24H25N3O5S/c28-22(16-7-9-26(10-8-16)23(29)19-6-3-15-33-19)25-20-17-4-1-2-5-18(17)32-21(20)24(30)27-11-13-31-14-12-27/h1-6,15-16H,7-14H2,(H,25,28). The molecule has 0 radical (unpaired) electrons. The van der Waals surface area contributed by atoms with E-state index in [-0.39, 0.29) is 29.4 Å². The third kappa shape index (κ3) is 4.38. The predicted molar refractivity (Wildman–Crippen MR) is 125 cm³/mol. The molecule has 0 saturated carbocycles. The van der Waals surface area contributed by atoms with Gasteiger partial charge in [0.1, 0.15) is 11.3 Å². The van der Waals surface area contributed by atoms with Gasteiger partial charge in [0.25, 0.3) is 11.8 Å². The molecule has 2 aliphatic heterocycles. The van der Waals surface area contributed by atoms with Gasteiger partial charge in [-0.15, -0.1) is 11.3 Å². The van der Waals surface area contributed by atoms with Crippen LogP contribution >= 0.6 is 11.3 Å². The van der Waals surface area contributed by atoms with Crippen LogP contribution in [-0.4, -0.2) is 66.9 Å². The molecular formula is C24H25N3O5S. The van der Waals surface area contributed by atoms with Crippen molar-refractivity contribution in [3.8, 4) is 0 Å². The summed E-state index contributed by atoms with van der Waals surface area (Å²) in [6.07, 6.45) is 1.15. The quantitative estimate of drug-likeness (QED) is 0.635. The van der Waals surface area contributed by atoms with Crippen LogP contribution in [0, 0.1) is 5.92 Å². The summed E-state index contributed by atoms with van der Waals surface area (Å²) in [7, 11) is 0. The van der Waals surface area contributed by atoms with Gasteiger partial charge in [0.05, 0.1) is 18.1 Å². The molecule has 5 rings (SSSR count). The molecule has 33 heavy (non-hydrogen) atoms. The molecule has 2 aliphatic rings. The first-order valence-corrected chi connectivity index (χ1v) is 12.0. The van der Waals surface area contributed by atoms with Gasteiger partial charge in [-0.1, -0.05) is 18.2 Å². The van der Waals surface area contributed by atoms with E-state index >= 15 is 0 Å². The Hall–Kier alpha value is -3.17. The number of morpholine rings is 1. The number of carbonyl (C=O) groups is 3. The number of nitrogens with zero attached hydrogens (tertiary/aromatic N) is 2. The average molecular weight is 468 g/mol. The zero-order valence-corrected chi connectivity index (χ0v) is 18.9. The molecule has 172 valence electrons. The van der Waals surface area contributed by atoms with Gasteiger partial charge in [-0.3, -0.25) is 14.4 Å². The van der Waals surface area contributed by atoms with Gasteiger partial charge in [0.2, 0.25) is 11.7 Å². The SMILES string of the molecule is O=C(Nc1c(C(=O)N2CCOCC2)oc2ccccc12)C1CCN(C(=O)c2cccs2)CC1. The summed E-state index contributed by atoms with van der Waals surface area (Å²) in [5.74, 6) is -0.473. The van der Waals surface area contributed by atoms with E-state index in [2.05, 4.69) is 5.32 Å². The van der Waals surface area contributed by atoms with Crippen LogP contribution in [-0.2, 0) is 9.53 Å². The van der Waals surface area contributed by atoms with Crippen LogP contribution in [0.1, 0.15) is 33.1 Å². The molecule has 8 nitrogen and oxygen atoms in total. The molecule has 4 heterocycles. The lowest BCUT2D eigenvalue weighted by molar-refractivity contribution is -0.121. The fourth-order valence-corrected chi connectivity index (χ4v) is 5.05. The molecule has 0 atom stereocenters. The Kier molecular flexibility index (Phi) is 6.15. The number of amides is 3. The average Bonchev–Trinajstić information content (AvgIpc) is 3.53. The topological polar surface area (TPSA) is 92.1 Å². The number of hydrogen-bond donors (Lipinski definition) is 1. The number of rotatable bonds is 4. The summed E-state index contributed by atoms with van der Waals surface area (Å²) in [6, 6.07) is 11.0. The summed E-state index contributed by atoms with van der Waals surface area (Å²) in [5.41, 5.74) is 0.977. The molecule has 0 bridgehead atoms. The van der Waals surface area contributed by atoms with Crippen molar-refractivity contribution in [2.75, 3.05) is 44.7 Å². The minimum atomic E-state index is -0.249. The van der Waals surface area contributed by atoms with Crippen LogP contribution in [0.5, 0.6) is 0 Å². The highest BCUT2D eigenvalue weighted by Gasteiger charge is 2.31. The number of ether oxygens (including phenoxy) is 1. The zero-order valence-electron chi connectivity index (χ0n) is 18.1. The van der Waals surface area contributed by atoms with Gasteiger partial charge in [-0.2, -0.15) is 0 Å². The lowest BCUT2D eigenvalue weighted by Crippen LogP contribution is -2.42. The first-order chi connectivity index (χ1) is 16.1. The zero-order chi connectivity index (χ0) is 22.8. The second-order valence-corrected chi connectivity index (χ2v) is 9.19. The number of nitrogens with one attached hydrogen (secondary N) is 1. The Morgan fingerprint density at radius 1 is 0.909 bits per heavy atom. The summed E-state index contributed by atoms with van der Waals surface area (Å²) in [5, 5.41) is 5.57. The highest BCUT2D eigenvalue weighted by Crippen LogP contribution is 2.33. The molecule has 1 aromatic carbocycles. The fraction of sp³-hybridized carbons (Fsp3) is 0.375. The van der Waals surface area contributed by atoms with E-state index in [4.69, 9.17) is 9.15 Å². The maximum absolute atomic E-state index is 13.2. The van der Waals surface area contributed by atoms with Gasteiger partial charge >= 0.3 is 0 Å². The Morgan fingerprint density at radius 3 is 2.36 bits per heavy atom. The summed E-state index contributed by atoms with van der Waals surface area (Å²) in [4.78, 5) is 43.1. The number of anilines is 1. The number of hydrogen-bond acceptors (Lipinski definition) is 6. The predicted octanol–water partition coefficient (Wildman–Crippen LogP) is 3.46. The number of piperidine rings is 1. The number of para-hydroxylation sites is 1. The molecule has 1 N–H and O–H groups in total. The van der Waals surface area contributed by atoms with Crippen molar-refractivity contribution < 1.29 is 23.5 Å². The van der Waals surface area contributed by atoms with Gasteiger partial charge in [-0.05, 0) is 36.4 Å². The summed E-state index contributed by atoms with van der Waals surface area (Å²) in [6.45, 7) is 2.99. The third-order valence-corrected chi connectivity index (χ3v) is 7.08. The van der Waals surface area contributed by atoms with E-state index in [0.717, 1.165) is 0 Å². The first kappa shape index (κ1) is 21.7. The molecule has 3 amide bonds. The number of benzene rings is 1. The van der Waals surface area contributed by atoms with Crippen LogP contribution in [0.4, 0.5) is 5.69 Å². The van der Waals surface area contributed by atoms with E-state index < -0.39 is 0 Å². The highest BCUT2D eigenvalue weighted by atomic mass is 32.1. The van der Waals surface area contributed by atoms with Gasteiger partial charge < -0.3 is 24.3 Å². The molecule has 3 aromatic rings. The van der Waals surface area contributed by atoms with E-state index in [1.807, 2.05) is 35.7 Å². The second kappa shape index (κ2) is 9.36. The van der Waals surface area contributed by atoms with Crippen LogP contribution in [0.2, 0.25) is 0 Å². The Morgan fingerprint density at radius 2 is 1.64 bits per heavy atom. The minimum Gasteiger partial charge on any atom is -0.449 e. The number of fused-ring (bicyclic) bond motifs is 1. The lowest BCUT2D eigenvalue weighted by Gasteiger charge is -2.31. The van der Waals surface area contributed by atoms with Crippen LogP contribution in [0.15, 0.2) is 46.2 Å². The van der Waals surface area contributed by atoms with Gasteiger partial charge in [0.15, 0.2) is 0 Å². The largest absolute Gasteiger partial charge is 0.449 e. The normalized spacial score (nSPS) is 17.3. The number of carbonyl (C=O) groups excluding carboxylic acids is 3. The van der Waals surface area contributed by atoms with Crippen molar-refractivity contribution in [3.63, 3.8) is 0 Å². The first-order valence-electron chi connectivity index (χ1n) is 11.1. The fourth-order valence-electron chi connectivity index (χ4n) is 4.36. The van der Waals surface area contributed by atoms with E-state index in [9.17, 15) is 14.4 Å². The van der Waals surface area contributed by atoms with Crippen LogP contribution in [0.25, 0.3) is 11.0 Å². The van der Waals surface area contributed by atoms with Crippen molar-refractivity contribution in [2.45, 2.75) is 12.8 Å². The highest BCUT2D eigenvalue weighted by molar-refractivity contribution is 7.12. The smallest absolute Gasteiger partial charge is 0.291 e. The molecule has 2 fully saturated rings. The summed E-state index contributed by atoms with van der Waals surface area (Å²) < 4.78 is 11.2. The lowest BCUT2D eigenvalue weighted by atomic mass is 9.95. The third-order valence-electron chi connectivity index (χ3n) is 6.22. The Balaban J connectivity index is 1.31. The van der Waals surface area contributed by atoms with Crippen LogP contribution < -0.4 is 5.32 Å². The van der Waals surface area contributed by atoms with Gasteiger partial charge in [-0.25, -0.2) is 0 Å². The molecule has 2 aromatic heterocycles. The molecule has 9 heteroatoms. The molecule has 0 unspecified atom stereocenters. The van der Waals surface area contributed by atoms with Crippen molar-refractivity contribution in [1.29, 1.82) is 0 Å².